The maximum Gasteiger partial charge on any atom is 0.355 e. The van der Waals surface area contributed by atoms with Gasteiger partial charge in [-0.05, 0) is 125 Å². The normalized spacial score (nSPS) is 27.0. The van der Waals surface area contributed by atoms with Gasteiger partial charge in [-0.25, -0.2) is 18.3 Å². The summed E-state index contributed by atoms with van der Waals surface area (Å²) in [4.78, 5) is 62.9. The Balaban J connectivity index is 0.961. The third-order valence-corrected chi connectivity index (χ3v) is 18.2. The van der Waals surface area contributed by atoms with E-state index in [9.17, 15) is 32.5 Å². The van der Waals surface area contributed by atoms with E-state index in [0.29, 0.717) is 55.2 Å². The smallest absolute Gasteiger partial charge is 0.355 e. The van der Waals surface area contributed by atoms with Crippen LogP contribution in [-0.4, -0.2) is 106 Å². The Labute approximate surface area is 399 Å². The molecule has 2 saturated carbocycles. The molecule has 3 aromatic carbocycles. The lowest BCUT2D eigenvalue weighted by Crippen LogP contribution is -2.59. The molecule has 12 nitrogen and oxygen atoms in total. The first-order valence-corrected chi connectivity index (χ1v) is 26.6. The second kappa shape index (κ2) is 19.6. The van der Waals surface area contributed by atoms with E-state index in [-0.39, 0.29) is 83.5 Å². The molecule has 4 heterocycles. The minimum atomic E-state index is -4.50. The monoisotopic (exact) mass is 975 g/mol. The van der Waals surface area contributed by atoms with E-state index in [0.717, 1.165) is 30.6 Å². The van der Waals surface area contributed by atoms with Crippen molar-refractivity contribution in [3.63, 3.8) is 0 Å². The zero-order valence-corrected chi connectivity index (χ0v) is 40.5. The van der Waals surface area contributed by atoms with Crippen molar-refractivity contribution < 1.29 is 46.2 Å². The van der Waals surface area contributed by atoms with Crippen LogP contribution in [0.2, 0.25) is 0 Å². The molecule has 2 N–H and O–H groups in total. The predicted octanol–water partition coefficient (Wildman–Crippen LogP) is 9.75. The highest BCUT2D eigenvalue weighted by molar-refractivity contribution is 7.57. The lowest BCUT2D eigenvalue weighted by molar-refractivity contribution is -0.148. The van der Waals surface area contributed by atoms with Crippen LogP contribution in [0, 0.1) is 0 Å². The summed E-state index contributed by atoms with van der Waals surface area (Å²) in [5.41, 5.74) is 0.960. The van der Waals surface area contributed by atoms with Gasteiger partial charge in [-0.3, -0.25) is 23.7 Å². The molecule has 5 aliphatic rings. The van der Waals surface area contributed by atoms with Gasteiger partial charge in [0.15, 0.2) is 0 Å². The van der Waals surface area contributed by atoms with Crippen LogP contribution in [0.4, 0.5) is 13.2 Å². The van der Waals surface area contributed by atoms with E-state index >= 15 is 4.39 Å². The number of hydrogen-bond donors (Lipinski definition) is 2. The average molecular weight is 976 g/mol. The molecule has 68 heavy (non-hydrogen) atoms. The highest BCUT2D eigenvalue weighted by atomic mass is 32.1. The predicted molar refractivity (Wildman–Crippen MR) is 255 cm³/mol. The number of carbonyl (C=O) groups is 4. The maximum atomic E-state index is 16.7. The van der Waals surface area contributed by atoms with Crippen molar-refractivity contribution in [3.05, 3.63) is 101 Å². The van der Waals surface area contributed by atoms with Crippen molar-refractivity contribution in [2.75, 3.05) is 20.2 Å². The molecule has 5 fully saturated rings. The van der Waals surface area contributed by atoms with Crippen molar-refractivity contribution in [1.29, 1.82) is 0 Å². The summed E-state index contributed by atoms with van der Waals surface area (Å²) in [6.07, 6.45) is 5.57. The quantitative estimate of drug-likeness (QED) is 0.0882. The number of amides is 3. The number of carbonyl (C=O) groups excluding carboxylic acids is 4. The van der Waals surface area contributed by atoms with E-state index in [1.54, 1.807) is 35.2 Å². The Kier molecular flexibility index (Phi) is 13.9. The summed E-state index contributed by atoms with van der Waals surface area (Å²) in [7, 11) is -2.62. The molecule has 3 aliphatic heterocycles. The SMILES string of the molecule is CCCOC(=O)[C@H](C)NP(=O)(Oc1ccccc1)[C@@H](F)c1ccc2sc(C(=O)N[C@H]3CC[C@H](N(C)[C@@H]4CCC(F)(F)C4)C[C@H]4CC[C@@H](C(=O)N5C[C@H](c6ccccc6)CC56CC6)N4C3=O)cc2c1. The van der Waals surface area contributed by atoms with Crippen LogP contribution in [-0.2, 0) is 23.7 Å². The summed E-state index contributed by atoms with van der Waals surface area (Å²) < 4.78 is 71.9. The van der Waals surface area contributed by atoms with Gasteiger partial charge in [-0.1, -0.05) is 61.5 Å². The number of likely N-dealkylation sites (tertiary alicyclic amines) is 1. The molecule has 9 atom stereocenters. The summed E-state index contributed by atoms with van der Waals surface area (Å²) in [6, 6.07) is 20.8. The van der Waals surface area contributed by atoms with Gasteiger partial charge in [0, 0.05) is 53.7 Å². The van der Waals surface area contributed by atoms with Crippen LogP contribution in [0.25, 0.3) is 10.1 Å². The zero-order valence-electron chi connectivity index (χ0n) is 38.8. The highest BCUT2D eigenvalue weighted by Crippen LogP contribution is 2.58. The van der Waals surface area contributed by atoms with Gasteiger partial charge in [0.25, 0.3) is 5.91 Å². The molecule has 364 valence electrons. The largest absolute Gasteiger partial charge is 0.465 e. The van der Waals surface area contributed by atoms with E-state index in [1.807, 2.05) is 42.0 Å². The second-order valence-corrected chi connectivity index (χ2v) is 22.8. The Morgan fingerprint density at radius 3 is 2.35 bits per heavy atom. The lowest BCUT2D eigenvalue weighted by atomic mass is 9.92. The van der Waals surface area contributed by atoms with Gasteiger partial charge < -0.3 is 29.3 Å². The number of nitrogens with one attached hydrogen (secondary N) is 2. The van der Waals surface area contributed by atoms with Crippen LogP contribution < -0.4 is 14.9 Å². The Morgan fingerprint density at radius 1 is 0.926 bits per heavy atom. The number of hydrogen-bond acceptors (Lipinski definition) is 9. The molecular formula is C51H61F3N5O7PS. The standard InChI is InChI=1S/C51H61F3N5O7PS/c1-4-25-65-49(63)32(2)56-67(64,66-40-13-9-6-10-14-40)45(52)34-15-20-43-35(26-34)27-44(68-43)46(60)55-41-18-16-37(57(3)39-21-22-51(53,54)30-39)28-38-17-19-42(59(38)47(41)61)48(62)58-31-36(29-50(58)23-24-50)33-11-7-5-8-12-33/h5-15,20,26-27,32,36-39,41-42,45H,4,16-19,21-25,28-31H2,1-3H3,(H,55,60)(H,56,64)/t32-,36+,37-,38+,39+,41-,42-,45+,67?/m0/s1. The fourth-order valence-electron chi connectivity index (χ4n) is 11.2. The van der Waals surface area contributed by atoms with Crippen molar-refractivity contribution in [1.82, 2.24) is 25.1 Å². The van der Waals surface area contributed by atoms with Gasteiger partial charge in [0.05, 0.1) is 11.5 Å². The Bertz CT molecular complexity index is 2550. The molecule has 3 saturated heterocycles. The van der Waals surface area contributed by atoms with Crippen LogP contribution in [0.3, 0.4) is 0 Å². The summed E-state index contributed by atoms with van der Waals surface area (Å²) >= 11 is 1.15. The molecule has 0 radical (unpaired) electrons. The van der Waals surface area contributed by atoms with Crippen molar-refractivity contribution in [2.24, 2.45) is 0 Å². The molecule has 1 spiro atoms. The van der Waals surface area contributed by atoms with E-state index in [4.69, 9.17) is 9.26 Å². The summed E-state index contributed by atoms with van der Waals surface area (Å²) in [5.74, 6) is -6.26. The molecule has 1 aromatic heterocycles. The lowest BCUT2D eigenvalue weighted by Gasteiger charge is -2.42. The van der Waals surface area contributed by atoms with Crippen molar-refractivity contribution in [2.45, 2.75) is 150 Å². The number of fused-ring (bicyclic) bond motifs is 2. The molecule has 3 amide bonds. The highest BCUT2D eigenvalue weighted by Gasteiger charge is 2.59. The minimum Gasteiger partial charge on any atom is -0.465 e. The molecule has 0 bridgehead atoms. The number of benzene rings is 3. The van der Waals surface area contributed by atoms with Gasteiger partial charge >= 0.3 is 13.5 Å². The maximum absolute atomic E-state index is 16.7. The molecule has 17 heteroatoms. The van der Waals surface area contributed by atoms with Crippen LogP contribution in [0.5, 0.6) is 5.75 Å². The van der Waals surface area contributed by atoms with Crippen LogP contribution in [0.1, 0.15) is 124 Å². The zero-order chi connectivity index (χ0) is 48.0. The van der Waals surface area contributed by atoms with E-state index < -0.39 is 49.4 Å². The number of ether oxygens (including phenoxy) is 1. The first kappa shape index (κ1) is 48.3. The number of rotatable bonds is 15. The molecule has 2 aliphatic carbocycles. The number of esters is 1. The molecule has 9 rings (SSSR count). The number of thiophene rings is 1. The second-order valence-electron chi connectivity index (χ2n) is 19.7. The average Bonchev–Trinajstić information content (AvgIpc) is 3.65. The third-order valence-electron chi connectivity index (χ3n) is 15.0. The molecular weight excluding hydrogens is 915 g/mol. The third kappa shape index (κ3) is 9.98. The first-order chi connectivity index (χ1) is 32.6. The van der Waals surface area contributed by atoms with Crippen LogP contribution >= 0.6 is 18.9 Å². The summed E-state index contributed by atoms with van der Waals surface area (Å²) in [6.45, 7) is 3.98. The van der Waals surface area contributed by atoms with Crippen molar-refractivity contribution >= 4 is 52.6 Å². The van der Waals surface area contributed by atoms with Gasteiger partial charge in [0.2, 0.25) is 23.6 Å². The van der Waals surface area contributed by atoms with E-state index in [1.165, 1.54) is 36.8 Å². The molecule has 4 aromatic rings. The minimum absolute atomic E-state index is 0.00890. The van der Waals surface area contributed by atoms with Crippen molar-refractivity contribution in [3.8, 4) is 5.75 Å². The van der Waals surface area contributed by atoms with Gasteiger partial charge in [-0.2, -0.15) is 0 Å². The topological polar surface area (TPSA) is 138 Å². The number of alkyl halides is 3. The first-order valence-electron chi connectivity index (χ1n) is 24.1. The summed E-state index contributed by atoms with van der Waals surface area (Å²) in [5, 5.41) is 6.09. The van der Waals surface area contributed by atoms with Gasteiger partial charge in [0.1, 0.15) is 23.9 Å². The van der Waals surface area contributed by atoms with E-state index in [2.05, 4.69) is 22.5 Å². The number of nitrogens with zero attached hydrogens (tertiary/aromatic N) is 3. The van der Waals surface area contributed by atoms with Gasteiger partial charge in [-0.15, -0.1) is 11.3 Å². The van der Waals surface area contributed by atoms with Crippen LogP contribution in [0.15, 0.2) is 84.9 Å². The fourth-order valence-corrected chi connectivity index (χ4v) is 14.0. The Morgan fingerprint density at radius 2 is 1.66 bits per heavy atom. The Hall–Kier alpha value is -4.76. The molecule has 1 unspecified atom stereocenters. The number of para-hydroxylation sites is 1. The number of halogens is 3. The fraction of sp³-hybridized carbons (Fsp3) is 0.529.